The Balaban J connectivity index is 1.33. The first-order valence-corrected chi connectivity index (χ1v) is 12.1. The Kier molecular flexibility index (Phi) is 6.01. The van der Waals surface area contributed by atoms with Crippen molar-refractivity contribution in [3.8, 4) is 0 Å². The summed E-state index contributed by atoms with van der Waals surface area (Å²) in [5, 5.41) is 3.37. The van der Waals surface area contributed by atoms with Gasteiger partial charge in [0.25, 0.3) is 5.60 Å². The van der Waals surface area contributed by atoms with Crippen LogP contribution in [-0.2, 0) is 20.9 Å². The van der Waals surface area contributed by atoms with Crippen LogP contribution in [0, 0.1) is 5.92 Å². The molecule has 0 N–H and O–H groups in total. The first kappa shape index (κ1) is 24.7. The van der Waals surface area contributed by atoms with Gasteiger partial charge in [0.05, 0.1) is 33.9 Å². The highest BCUT2D eigenvalue weighted by Crippen LogP contribution is 2.50. The van der Waals surface area contributed by atoms with Crippen LogP contribution in [-0.4, -0.2) is 35.8 Å². The van der Waals surface area contributed by atoms with Crippen LogP contribution in [0.1, 0.15) is 42.4 Å². The van der Waals surface area contributed by atoms with Gasteiger partial charge in [-0.3, -0.25) is 4.79 Å². The van der Waals surface area contributed by atoms with E-state index < -0.39 is 23.9 Å². The fourth-order valence-corrected chi connectivity index (χ4v) is 5.02. The maximum atomic E-state index is 15.3. The molecule has 1 aliphatic carbocycles. The van der Waals surface area contributed by atoms with Crippen molar-refractivity contribution in [2.75, 3.05) is 13.1 Å². The van der Waals surface area contributed by atoms with Crippen LogP contribution in [0.5, 0.6) is 0 Å². The standard InChI is InChI=1S/C24H19Cl3F4N2O2/c25-17-8-16(9-18(26)21(17)27)23(24(29,30)31)10-19(32-35-23)14-3-5-15(6-4-14)22(28)11-33(12-22)20(34)7-13-1-2-13/h3-6,8-9,13H,1-2,7,10-12H2. The second-order valence-corrected chi connectivity index (χ2v) is 10.5. The van der Waals surface area contributed by atoms with Gasteiger partial charge in [-0.1, -0.05) is 64.2 Å². The Bertz CT molecular complexity index is 1190. The second kappa shape index (κ2) is 8.53. The van der Waals surface area contributed by atoms with Gasteiger partial charge in [-0.05, 0) is 42.0 Å². The van der Waals surface area contributed by atoms with Crippen LogP contribution in [0.2, 0.25) is 15.1 Å². The number of carbonyl (C=O) groups is 1. The van der Waals surface area contributed by atoms with E-state index in [4.69, 9.17) is 39.6 Å². The Morgan fingerprint density at radius 1 is 1.06 bits per heavy atom. The molecule has 0 bridgehead atoms. The van der Waals surface area contributed by atoms with Gasteiger partial charge in [0.2, 0.25) is 5.91 Å². The molecule has 0 spiro atoms. The molecule has 4 nitrogen and oxygen atoms in total. The zero-order chi connectivity index (χ0) is 25.2. The first-order chi connectivity index (χ1) is 16.4. The average molecular weight is 550 g/mol. The lowest BCUT2D eigenvalue weighted by atomic mass is 9.84. The van der Waals surface area contributed by atoms with E-state index in [9.17, 15) is 18.0 Å². The third-order valence-electron chi connectivity index (χ3n) is 6.77. The highest BCUT2D eigenvalue weighted by Gasteiger charge is 2.62. The van der Waals surface area contributed by atoms with Gasteiger partial charge in [0.1, 0.15) is 0 Å². The van der Waals surface area contributed by atoms with Gasteiger partial charge in [0.15, 0.2) is 5.67 Å². The largest absolute Gasteiger partial charge is 0.435 e. The third kappa shape index (κ3) is 4.38. The van der Waals surface area contributed by atoms with E-state index in [2.05, 4.69) is 5.16 Å². The summed E-state index contributed by atoms with van der Waals surface area (Å²) < 4.78 is 57.9. The smallest absolute Gasteiger partial charge is 0.374 e. The molecular formula is C24H19Cl3F4N2O2. The van der Waals surface area contributed by atoms with Crippen molar-refractivity contribution in [2.45, 2.75) is 43.1 Å². The fraction of sp³-hybridized carbons (Fsp3) is 0.417. The average Bonchev–Trinajstić information content (AvgIpc) is 3.47. The van der Waals surface area contributed by atoms with Crippen LogP contribution >= 0.6 is 34.8 Å². The zero-order valence-corrected chi connectivity index (χ0v) is 20.4. The number of hydrogen-bond donors (Lipinski definition) is 0. The van der Waals surface area contributed by atoms with Gasteiger partial charge >= 0.3 is 6.18 Å². The van der Waals surface area contributed by atoms with Crippen molar-refractivity contribution < 1.29 is 27.2 Å². The highest BCUT2D eigenvalue weighted by molar-refractivity contribution is 6.48. The van der Waals surface area contributed by atoms with E-state index >= 15 is 4.39 Å². The predicted octanol–water partition coefficient (Wildman–Crippen LogP) is 7.04. The van der Waals surface area contributed by atoms with Gasteiger partial charge < -0.3 is 9.74 Å². The molecule has 186 valence electrons. The number of hydrogen-bond acceptors (Lipinski definition) is 3. The molecule has 2 aromatic carbocycles. The number of oxime groups is 1. The number of likely N-dealkylation sites (tertiary alicyclic amines) is 1. The first-order valence-electron chi connectivity index (χ1n) is 11.0. The molecule has 0 radical (unpaired) electrons. The number of benzene rings is 2. The molecule has 11 heteroatoms. The topological polar surface area (TPSA) is 41.9 Å². The Morgan fingerprint density at radius 2 is 1.66 bits per heavy atom. The minimum Gasteiger partial charge on any atom is -0.374 e. The number of carbonyl (C=O) groups excluding carboxylic acids is 1. The molecule has 1 amide bonds. The summed E-state index contributed by atoms with van der Waals surface area (Å²) in [5.41, 5.74) is -4.05. The number of rotatable bonds is 5. The number of alkyl halides is 4. The van der Waals surface area contributed by atoms with Crippen molar-refractivity contribution >= 4 is 46.4 Å². The summed E-state index contributed by atoms with van der Waals surface area (Å²) in [6, 6.07) is 8.13. The zero-order valence-electron chi connectivity index (χ0n) is 18.1. The van der Waals surface area contributed by atoms with Crippen LogP contribution in [0.3, 0.4) is 0 Å². The van der Waals surface area contributed by atoms with E-state index in [0.717, 1.165) is 25.0 Å². The monoisotopic (exact) mass is 548 g/mol. The molecule has 1 atom stereocenters. The molecule has 2 fully saturated rings. The molecule has 2 aliphatic heterocycles. The normalized spacial score (nSPS) is 23.5. The maximum absolute atomic E-state index is 15.3. The van der Waals surface area contributed by atoms with Crippen LogP contribution in [0.25, 0.3) is 0 Å². The highest BCUT2D eigenvalue weighted by atomic mass is 35.5. The SMILES string of the molecule is O=C(CC1CC1)N1CC(F)(c2ccc(C3=NOC(c4cc(Cl)c(Cl)c(Cl)c4)(C(F)(F)F)C3)cc2)C1. The van der Waals surface area contributed by atoms with Crippen molar-refractivity contribution in [3.63, 3.8) is 0 Å². The summed E-state index contributed by atoms with van der Waals surface area (Å²) in [4.78, 5) is 18.7. The third-order valence-corrected chi connectivity index (χ3v) is 7.96. The fourth-order valence-electron chi connectivity index (χ4n) is 4.42. The summed E-state index contributed by atoms with van der Waals surface area (Å²) in [6.45, 7) is -0.0611. The van der Waals surface area contributed by atoms with E-state index in [0.29, 0.717) is 23.5 Å². The van der Waals surface area contributed by atoms with Gasteiger partial charge in [-0.25, -0.2) is 4.39 Å². The lowest BCUT2D eigenvalue weighted by Gasteiger charge is -2.45. The summed E-state index contributed by atoms with van der Waals surface area (Å²) in [6.07, 6.45) is -2.93. The molecule has 0 aromatic heterocycles. The Hall–Kier alpha value is -2.03. The number of nitrogens with zero attached hydrogens (tertiary/aromatic N) is 2. The molecular weight excluding hydrogens is 531 g/mol. The quantitative estimate of drug-likeness (QED) is 0.297. The predicted molar refractivity (Wildman–Crippen MR) is 125 cm³/mol. The Morgan fingerprint density at radius 3 is 2.20 bits per heavy atom. The molecule has 5 rings (SSSR count). The van der Waals surface area contributed by atoms with Crippen molar-refractivity contribution in [1.82, 2.24) is 4.90 Å². The van der Waals surface area contributed by atoms with Crippen LogP contribution < -0.4 is 0 Å². The molecule has 1 saturated carbocycles. The molecule has 3 aliphatic rings. The number of amides is 1. The van der Waals surface area contributed by atoms with Gasteiger partial charge in [0, 0.05) is 18.4 Å². The van der Waals surface area contributed by atoms with Crippen molar-refractivity contribution in [1.29, 1.82) is 0 Å². The molecule has 1 saturated heterocycles. The second-order valence-electron chi connectivity index (χ2n) is 9.32. The van der Waals surface area contributed by atoms with Crippen molar-refractivity contribution in [2.24, 2.45) is 11.1 Å². The molecule has 35 heavy (non-hydrogen) atoms. The van der Waals surface area contributed by atoms with Crippen LogP contribution in [0.4, 0.5) is 17.6 Å². The van der Waals surface area contributed by atoms with Crippen molar-refractivity contribution in [3.05, 3.63) is 68.2 Å². The summed E-state index contributed by atoms with van der Waals surface area (Å²) >= 11 is 17.8. The van der Waals surface area contributed by atoms with E-state index in [1.165, 1.54) is 29.2 Å². The summed E-state index contributed by atoms with van der Waals surface area (Å²) in [7, 11) is 0. The van der Waals surface area contributed by atoms with Gasteiger partial charge in [-0.2, -0.15) is 13.2 Å². The minimum absolute atomic E-state index is 0.0305. The van der Waals surface area contributed by atoms with Crippen LogP contribution in [0.15, 0.2) is 41.6 Å². The minimum atomic E-state index is -4.84. The van der Waals surface area contributed by atoms with E-state index in [1.54, 1.807) is 0 Å². The Labute approximate surface area is 213 Å². The molecule has 1 unspecified atom stereocenters. The van der Waals surface area contributed by atoms with E-state index in [-0.39, 0.29) is 45.3 Å². The maximum Gasteiger partial charge on any atom is 0.435 e. The number of halogens is 7. The lowest BCUT2D eigenvalue weighted by Crippen LogP contribution is -2.58. The lowest BCUT2D eigenvalue weighted by molar-refractivity contribution is -0.275. The molecule has 2 heterocycles. The van der Waals surface area contributed by atoms with Gasteiger partial charge in [-0.15, -0.1) is 0 Å². The molecule has 2 aromatic rings. The summed E-state index contributed by atoms with van der Waals surface area (Å²) in [5.74, 6) is 0.385. The van der Waals surface area contributed by atoms with E-state index in [1.807, 2.05) is 0 Å².